The zero-order valence-electron chi connectivity index (χ0n) is 10.7. The SMILES string of the molecule is CC(=O)N1CCn2c1nc(-c1cccc(C)n1)c2Br. The van der Waals surface area contributed by atoms with Crippen LogP contribution in [0.1, 0.15) is 12.6 Å². The molecule has 3 heterocycles. The second-order valence-electron chi connectivity index (χ2n) is 4.54. The smallest absolute Gasteiger partial charge is 0.226 e. The number of anilines is 1. The quantitative estimate of drug-likeness (QED) is 0.810. The second-order valence-corrected chi connectivity index (χ2v) is 5.29. The van der Waals surface area contributed by atoms with Crippen LogP contribution in [0.25, 0.3) is 11.4 Å². The van der Waals surface area contributed by atoms with Crippen LogP contribution in [0.2, 0.25) is 0 Å². The molecular formula is C13H13BrN4O. The molecule has 2 aromatic rings. The number of pyridine rings is 1. The highest BCUT2D eigenvalue weighted by atomic mass is 79.9. The van der Waals surface area contributed by atoms with Crippen molar-refractivity contribution in [3.05, 3.63) is 28.5 Å². The summed E-state index contributed by atoms with van der Waals surface area (Å²) in [5, 5.41) is 0. The minimum atomic E-state index is 0.0139. The van der Waals surface area contributed by atoms with Crippen molar-refractivity contribution < 1.29 is 4.79 Å². The van der Waals surface area contributed by atoms with E-state index in [2.05, 4.69) is 25.9 Å². The van der Waals surface area contributed by atoms with Gasteiger partial charge >= 0.3 is 0 Å². The maximum atomic E-state index is 11.6. The molecule has 5 nitrogen and oxygen atoms in total. The van der Waals surface area contributed by atoms with E-state index >= 15 is 0 Å². The second kappa shape index (κ2) is 4.45. The Hall–Kier alpha value is -1.69. The number of carbonyl (C=O) groups excluding carboxylic acids is 1. The van der Waals surface area contributed by atoms with Gasteiger partial charge in [0.15, 0.2) is 0 Å². The summed E-state index contributed by atoms with van der Waals surface area (Å²) < 4.78 is 2.88. The maximum absolute atomic E-state index is 11.6. The highest BCUT2D eigenvalue weighted by Crippen LogP contribution is 2.34. The van der Waals surface area contributed by atoms with Gasteiger partial charge in [0.05, 0.1) is 5.69 Å². The molecule has 0 spiro atoms. The summed E-state index contributed by atoms with van der Waals surface area (Å²) in [7, 11) is 0. The third kappa shape index (κ3) is 1.96. The van der Waals surface area contributed by atoms with E-state index in [1.165, 1.54) is 0 Å². The molecule has 3 rings (SSSR count). The van der Waals surface area contributed by atoms with Crippen LogP contribution >= 0.6 is 15.9 Å². The Balaban J connectivity index is 2.11. The van der Waals surface area contributed by atoms with E-state index in [4.69, 9.17) is 0 Å². The van der Waals surface area contributed by atoms with Crippen LogP contribution in [0.15, 0.2) is 22.8 Å². The number of nitrogens with zero attached hydrogens (tertiary/aromatic N) is 4. The predicted octanol–water partition coefficient (Wildman–Crippen LogP) is 2.38. The Bertz CT molecular complexity index is 665. The fraction of sp³-hybridized carbons (Fsp3) is 0.308. The van der Waals surface area contributed by atoms with Gasteiger partial charge in [-0.25, -0.2) is 4.98 Å². The molecule has 1 aliphatic heterocycles. The van der Waals surface area contributed by atoms with Crippen LogP contribution in [-0.4, -0.2) is 27.0 Å². The number of hydrogen-bond acceptors (Lipinski definition) is 3. The molecule has 0 aromatic carbocycles. The van der Waals surface area contributed by atoms with Crippen molar-refractivity contribution in [1.82, 2.24) is 14.5 Å². The van der Waals surface area contributed by atoms with E-state index < -0.39 is 0 Å². The molecule has 0 radical (unpaired) electrons. The highest BCUT2D eigenvalue weighted by Gasteiger charge is 2.28. The van der Waals surface area contributed by atoms with Gasteiger partial charge in [-0.05, 0) is 35.0 Å². The molecular weight excluding hydrogens is 308 g/mol. The molecule has 0 N–H and O–H groups in total. The third-order valence-corrected chi connectivity index (χ3v) is 3.99. The molecule has 98 valence electrons. The average molecular weight is 321 g/mol. The predicted molar refractivity (Wildman–Crippen MR) is 75.9 cm³/mol. The number of hydrogen-bond donors (Lipinski definition) is 0. The fourth-order valence-electron chi connectivity index (χ4n) is 2.26. The topological polar surface area (TPSA) is 51.0 Å². The van der Waals surface area contributed by atoms with Gasteiger partial charge < -0.3 is 4.57 Å². The molecule has 0 aliphatic carbocycles. The first-order valence-electron chi connectivity index (χ1n) is 6.06. The number of aromatic nitrogens is 3. The molecule has 0 saturated carbocycles. The zero-order valence-corrected chi connectivity index (χ0v) is 12.3. The number of rotatable bonds is 1. The van der Waals surface area contributed by atoms with Crippen LogP contribution in [0, 0.1) is 6.92 Å². The number of halogens is 1. The average Bonchev–Trinajstić information content (AvgIpc) is 2.90. The number of carbonyl (C=O) groups is 1. The Kier molecular flexibility index (Phi) is 2.89. The lowest BCUT2D eigenvalue weighted by atomic mass is 10.2. The van der Waals surface area contributed by atoms with E-state index in [1.807, 2.05) is 29.7 Å². The van der Waals surface area contributed by atoms with Crippen LogP contribution in [-0.2, 0) is 11.3 Å². The Morgan fingerprint density at radius 3 is 2.79 bits per heavy atom. The van der Waals surface area contributed by atoms with Crippen molar-refractivity contribution in [2.75, 3.05) is 11.4 Å². The number of aryl methyl sites for hydroxylation is 1. The Morgan fingerprint density at radius 2 is 2.11 bits per heavy atom. The molecule has 0 atom stereocenters. The molecule has 2 aromatic heterocycles. The molecule has 0 fully saturated rings. The number of amides is 1. The van der Waals surface area contributed by atoms with Gasteiger partial charge in [0.1, 0.15) is 10.3 Å². The van der Waals surface area contributed by atoms with Crippen LogP contribution in [0.4, 0.5) is 5.95 Å². The fourth-order valence-corrected chi connectivity index (χ4v) is 2.89. The first-order chi connectivity index (χ1) is 9.08. The van der Waals surface area contributed by atoms with Crippen molar-refractivity contribution in [2.24, 2.45) is 0 Å². The van der Waals surface area contributed by atoms with E-state index in [-0.39, 0.29) is 5.91 Å². The van der Waals surface area contributed by atoms with E-state index in [0.717, 1.165) is 28.2 Å². The summed E-state index contributed by atoms with van der Waals surface area (Å²) in [6, 6.07) is 5.83. The van der Waals surface area contributed by atoms with Gasteiger partial charge in [0.25, 0.3) is 0 Å². The van der Waals surface area contributed by atoms with E-state index in [1.54, 1.807) is 11.8 Å². The lowest BCUT2D eigenvalue weighted by Gasteiger charge is -2.09. The molecule has 0 bridgehead atoms. The minimum Gasteiger partial charge on any atom is -0.302 e. The van der Waals surface area contributed by atoms with Gasteiger partial charge in [-0.3, -0.25) is 14.7 Å². The van der Waals surface area contributed by atoms with Crippen LogP contribution in [0.5, 0.6) is 0 Å². The molecule has 19 heavy (non-hydrogen) atoms. The monoisotopic (exact) mass is 320 g/mol. The van der Waals surface area contributed by atoms with Gasteiger partial charge in [-0.2, -0.15) is 0 Å². The number of fused-ring (bicyclic) bond motifs is 1. The highest BCUT2D eigenvalue weighted by molar-refractivity contribution is 9.10. The molecule has 0 unspecified atom stereocenters. The summed E-state index contributed by atoms with van der Waals surface area (Å²) in [4.78, 5) is 22.3. The van der Waals surface area contributed by atoms with Crippen LogP contribution in [0.3, 0.4) is 0 Å². The summed E-state index contributed by atoms with van der Waals surface area (Å²) in [6.07, 6.45) is 0. The van der Waals surface area contributed by atoms with Gasteiger partial charge in [0, 0.05) is 25.7 Å². The normalized spacial score (nSPS) is 13.7. The van der Waals surface area contributed by atoms with E-state index in [9.17, 15) is 4.79 Å². The Labute approximate surface area is 119 Å². The molecule has 1 aliphatic rings. The van der Waals surface area contributed by atoms with Gasteiger partial charge in [0.2, 0.25) is 11.9 Å². The van der Waals surface area contributed by atoms with Crippen molar-refractivity contribution in [3.63, 3.8) is 0 Å². The largest absolute Gasteiger partial charge is 0.302 e. The first kappa shape index (κ1) is 12.3. The van der Waals surface area contributed by atoms with Crippen molar-refractivity contribution >= 4 is 27.8 Å². The lowest BCUT2D eigenvalue weighted by Crippen LogP contribution is -2.26. The van der Waals surface area contributed by atoms with Crippen molar-refractivity contribution in [1.29, 1.82) is 0 Å². The zero-order chi connectivity index (χ0) is 13.6. The molecule has 0 saturated heterocycles. The van der Waals surface area contributed by atoms with Gasteiger partial charge in [-0.15, -0.1) is 0 Å². The molecule has 6 heteroatoms. The lowest BCUT2D eigenvalue weighted by molar-refractivity contribution is -0.116. The summed E-state index contributed by atoms with van der Waals surface area (Å²) in [5.41, 5.74) is 2.54. The summed E-state index contributed by atoms with van der Waals surface area (Å²) in [6.45, 7) is 4.94. The minimum absolute atomic E-state index is 0.0139. The standard InChI is InChI=1S/C13H13BrN4O/c1-8-4-3-5-10(15-8)11-12(14)18-7-6-17(9(2)19)13(18)16-11/h3-5H,6-7H2,1-2H3. The Morgan fingerprint density at radius 1 is 1.32 bits per heavy atom. The van der Waals surface area contributed by atoms with Crippen molar-refractivity contribution in [2.45, 2.75) is 20.4 Å². The van der Waals surface area contributed by atoms with Crippen molar-refractivity contribution in [3.8, 4) is 11.4 Å². The number of imidazole rings is 1. The third-order valence-electron chi connectivity index (χ3n) is 3.19. The molecule has 1 amide bonds. The van der Waals surface area contributed by atoms with Gasteiger partial charge in [-0.1, -0.05) is 6.07 Å². The van der Waals surface area contributed by atoms with Crippen LogP contribution < -0.4 is 4.90 Å². The van der Waals surface area contributed by atoms with E-state index in [0.29, 0.717) is 12.5 Å². The first-order valence-corrected chi connectivity index (χ1v) is 6.85. The summed E-state index contributed by atoms with van der Waals surface area (Å²) in [5.74, 6) is 0.706. The summed E-state index contributed by atoms with van der Waals surface area (Å²) >= 11 is 3.56. The maximum Gasteiger partial charge on any atom is 0.226 e.